The highest BCUT2D eigenvalue weighted by Gasteiger charge is 2.69. The number of carboxylic acids is 1. The second-order valence-corrected chi connectivity index (χ2v) is 18.6. The summed E-state index contributed by atoms with van der Waals surface area (Å²) in [5.74, 6) is -0.351. The van der Waals surface area contributed by atoms with Crippen LogP contribution in [0, 0.1) is 44.8 Å². The van der Waals surface area contributed by atoms with Crippen molar-refractivity contribution in [1.29, 1.82) is 0 Å². The average molecular weight is 751 g/mol. The molecule has 8 N–H and O–H groups in total. The number of aliphatic carboxylic acids is 1. The molecule has 5 aliphatic carbocycles. The first-order chi connectivity index (χ1) is 24.9. The third kappa shape index (κ3) is 5.77. The molecule has 0 aromatic carbocycles. The highest BCUT2D eigenvalue weighted by atomic mass is 16.7. The van der Waals surface area contributed by atoms with Gasteiger partial charge in [-0.15, -0.1) is 0 Å². The second kappa shape index (κ2) is 13.9. The van der Waals surface area contributed by atoms with Crippen LogP contribution in [-0.4, -0.2) is 128 Å². The molecule has 0 spiro atoms. The van der Waals surface area contributed by atoms with Gasteiger partial charge in [0, 0.05) is 11.3 Å². The van der Waals surface area contributed by atoms with Crippen molar-refractivity contribution in [2.75, 3.05) is 19.8 Å². The smallest absolute Gasteiger partial charge is 0.310 e. The predicted molar refractivity (Wildman–Crippen MR) is 189 cm³/mol. The van der Waals surface area contributed by atoms with Crippen LogP contribution >= 0.6 is 0 Å². The Bertz CT molecular complexity index is 1450. The van der Waals surface area contributed by atoms with E-state index in [-0.39, 0.29) is 41.3 Å². The van der Waals surface area contributed by atoms with Gasteiger partial charge in [0.1, 0.15) is 42.7 Å². The quantitative estimate of drug-likeness (QED) is 0.138. The van der Waals surface area contributed by atoms with Gasteiger partial charge in [0.05, 0.1) is 31.3 Å². The van der Waals surface area contributed by atoms with Crippen LogP contribution in [0.15, 0.2) is 23.8 Å². The molecule has 4 saturated carbocycles. The summed E-state index contributed by atoms with van der Waals surface area (Å²) in [4.78, 5) is 12.9. The van der Waals surface area contributed by atoms with Gasteiger partial charge in [-0.05, 0) is 92.3 Å². The lowest BCUT2D eigenvalue weighted by Crippen LogP contribution is -2.66. The van der Waals surface area contributed by atoms with Crippen LogP contribution in [-0.2, 0) is 23.7 Å². The Kier molecular flexibility index (Phi) is 10.4. The lowest BCUT2D eigenvalue weighted by molar-refractivity contribution is -0.358. The number of aliphatic hydroxyl groups is 7. The molecular weight excluding hydrogens is 688 g/mol. The average Bonchev–Trinajstić information content (AvgIpc) is 3.12. The van der Waals surface area contributed by atoms with Gasteiger partial charge in [0.15, 0.2) is 12.6 Å². The molecule has 0 amide bonds. The number of ether oxygens (including phenoxy) is 4. The van der Waals surface area contributed by atoms with Gasteiger partial charge >= 0.3 is 5.97 Å². The molecule has 7 aliphatic rings. The van der Waals surface area contributed by atoms with Crippen LogP contribution in [0.2, 0.25) is 0 Å². The van der Waals surface area contributed by atoms with E-state index in [4.69, 9.17) is 18.9 Å². The molecule has 2 saturated heterocycles. The Morgan fingerprint density at radius 2 is 1.62 bits per heavy atom. The fourth-order valence-corrected chi connectivity index (χ4v) is 13.0. The van der Waals surface area contributed by atoms with E-state index in [1.54, 1.807) is 0 Å². The minimum atomic E-state index is -1.72. The standard InChI is InChI=1S/C40H62O13/c1-20-8-13-40(35(48)49)15-14-38(4)21(22(40)16-20)6-7-26-36(2)11-10-27(37(3,19-42)25(36)9-12-39(26,38)5)52-33-31(47)32(23(43)18-50-33)53-34-30(46)29(45)28(44)24(17-41)51-34/h6,22-34,41-47H,1,7-19H2,2-5H3,(H,48,49)/t22-,23+,24-,25+,26-,27+,28-,29+,30-,31-,32+,33+,34+,36+,37+,38-,39-,40+/m1/s1. The van der Waals surface area contributed by atoms with E-state index >= 15 is 0 Å². The maximum absolute atomic E-state index is 12.9. The van der Waals surface area contributed by atoms with Crippen molar-refractivity contribution in [3.63, 3.8) is 0 Å². The van der Waals surface area contributed by atoms with E-state index < -0.39 is 84.8 Å². The van der Waals surface area contributed by atoms with Crippen LogP contribution < -0.4 is 0 Å². The molecule has 13 nitrogen and oxygen atoms in total. The highest BCUT2D eigenvalue weighted by Crippen LogP contribution is 2.75. The Hall–Kier alpha value is -1.49. The van der Waals surface area contributed by atoms with Crippen LogP contribution in [0.1, 0.15) is 91.9 Å². The number of allylic oxidation sites excluding steroid dienone is 3. The molecule has 0 unspecified atom stereocenters. The summed E-state index contributed by atoms with van der Waals surface area (Å²) in [5, 5.41) is 84.6. The van der Waals surface area contributed by atoms with E-state index in [2.05, 4.69) is 40.3 Å². The Morgan fingerprint density at radius 3 is 2.30 bits per heavy atom. The molecular formula is C40H62O13. The van der Waals surface area contributed by atoms with Crippen LogP contribution in [0.3, 0.4) is 0 Å². The molecule has 2 heterocycles. The molecule has 300 valence electrons. The topological polar surface area (TPSA) is 216 Å². The minimum Gasteiger partial charge on any atom is -0.481 e. The second-order valence-electron chi connectivity index (χ2n) is 18.6. The fourth-order valence-electron chi connectivity index (χ4n) is 13.0. The van der Waals surface area contributed by atoms with Crippen molar-refractivity contribution in [3.8, 4) is 0 Å². The molecule has 53 heavy (non-hydrogen) atoms. The zero-order valence-electron chi connectivity index (χ0n) is 31.6. The molecule has 18 atom stereocenters. The summed E-state index contributed by atoms with van der Waals surface area (Å²) in [7, 11) is 0. The van der Waals surface area contributed by atoms with Gasteiger partial charge in [0.25, 0.3) is 0 Å². The number of aliphatic hydroxyl groups excluding tert-OH is 7. The molecule has 6 fully saturated rings. The third-order valence-electron chi connectivity index (χ3n) is 16.4. The molecule has 0 aromatic rings. The third-order valence-corrected chi connectivity index (χ3v) is 16.4. The minimum absolute atomic E-state index is 0.0379. The summed E-state index contributed by atoms with van der Waals surface area (Å²) < 4.78 is 23.6. The van der Waals surface area contributed by atoms with Crippen molar-refractivity contribution < 1.29 is 64.6 Å². The summed E-state index contributed by atoms with van der Waals surface area (Å²) in [6, 6.07) is 0. The maximum atomic E-state index is 12.9. The van der Waals surface area contributed by atoms with Crippen LogP contribution in [0.4, 0.5) is 0 Å². The first-order valence-corrected chi connectivity index (χ1v) is 19.7. The van der Waals surface area contributed by atoms with E-state index in [1.165, 1.54) is 5.57 Å². The lowest BCUT2D eigenvalue weighted by Gasteiger charge is -2.71. The molecule has 13 heteroatoms. The molecule has 0 aromatic heterocycles. The van der Waals surface area contributed by atoms with Crippen molar-refractivity contribution in [3.05, 3.63) is 23.8 Å². The normalized spacial score (nSPS) is 54.1. The first kappa shape index (κ1) is 39.7. The first-order valence-electron chi connectivity index (χ1n) is 19.7. The number of rotatable bonds is 7. The predicted octanol–water partition coefficient (Wildman–Crippen LogP) is 2.02. The van der Waals surface area contributed by atoms with Gasteiger partial charge in [-0.2, -0.15) is 0 Å². The summed E-state index contributed by atoms with van der Waals surface area (Å²) in [6.45, 7) is 12.5. The van der Waals surface area contributed by atoms with Crippen LogP contribution in [0.5, 0.6) is 0 Å². The highest BCUT2D eigenvalue weighted by molar-refractivity contribution is 5.77. The number of hydrogen-bond acceptors (Lipinski definition) is 12. The Labute approximate surface area is 312 Å². The number of hydrogen-bond donors (Lipinski definition) is 8. The zero-order chi connectivity index (χ0) is 38.5. The number of carbonyl (C=O) groups is 1. The van der Waals surface area contributed by atoms with Gasteiger partial charge < -0.3 is 59.8 Å². The maximum Gasteiger partial charge on any atom is 0.310 e. The van der Waals surface area contributed by atoms with Gasteiger partial charge in [0.2, 0.25) is 0 Å². The zero-order valence-corrected chi connectivity index (χ0v) is 31.6. The SMILES string of the molecule is C=C1CC[C@]2(C(=O)O)CC[C@]3(C)C(=CC[C@@H]4[C@@]5(C)CC[C@H](O[C@@H]6OC[C@H](O)[C@H](O[C@@H]7O[C@H](CO)[C@@H](O)[C@H](O)[C@H]7O)[C@H]6O)[C@@](C)(CO)[C@H]5CC[C@]43C)[C@H]2C1. The summed E-state index contributed by atoms with van der Waals surface area (Å²) >= 11 is 0. The monoisotopic (exact) mass is 750 g/mol. The largest absolute Gasteiger partial charge is 0.481 e. The Balaban J connectivity index is 1.11. The van der Waals surface area contributed by atoms with Gasteiger partial charge in [-0.25, -0.2) is 0 Å². The molecule has 0 radical (unpaired) electrons. The van der Waals surface area contributed by atoms with Crippen molar-refractivity contribution >= 4 is 5.97 Å². The molecule has 0 bridgehead atoms. The lowest BCUT2D eigenvalue weighted by atomic mass is 9.34. The van der Waals surface area contributed by atoms with E-state index in [0.29, 0.717) is 25.2 Å². The van der Waals surface area contributed by atoms with E-state index in [1.807, 2.05) is 0 Å². The fraction of sp³-hybridized carbons (Fsp3) is 0.875. The number of fused-ring (bicyclic) bond motifs is 7. The Morgan fingerprint density at radius 1 is 0.887 bits per heavy atom. The van der Waals surface area contributed by atoms with Crippen molar-refractivity contribution in [1.82, 2.24) is 0 Å². The van der Waals surface area contributed by atoms with Gasteiger partial charge in [-0.3, -0.25) is 4.79 Å². The molecule has 7 rings (SSSR count). The molecule has 2 aliphatic heterocycles. The van der Waals surface area contributed by atoms with E-state index in [0.717, 1.165) is 50.5 Å². The van der Waals surface area contributed by atoms with Gasteiger partial charge in [-0.1, -0.05) is 51.5 Å². The van der Waals surface area contributed by atoms with Crippen molar-refractivity contribution in [2.45, 2.75) is 153 Å². The summed E-state index contributed by atoms with van der Waals surface area (Å²) in [5.41, 5.74) is 0.616. The van der Waals surface area contributed by atoms with Crippen LogP contribution in [0.25, 0.3) is 0 Å². The van der Waals surface area contributed by atoms with E-state index in [9.17, 15) is 45.6 Å². The van der Waals surface area contributed by atoms with Crippen molar-refractivity contribution in [2.24, 2.45) is 44.8 Å². The number of carboxylic acid groups (broad SMARTS) is 1. The summed E-state index contributed by atoms with van der Waals surface area (Å²) in [6.07, 6.45) is -3.74.